The lowest BCUT2D eigenvalue weighted by molar-refractivity contribution is 0.247. The van der Waals surface area contributed by atoms with Crippen LogP contribution in [-0.2, 0) is 19.6 Å². The average molecular weight is 411 g/mol. The fraction of sp³-hybridized carbons (Fsp3) is 0.120. The Bertz CT molecular complexity index is 1150. The maximum Gasteiger partial charge on any atom is 0.164 e. The number of fused-ring (bicyclic) bond motifs is 1. The van der Waals surface area contributed by atoms with E-state index in [2.05, 4.69) is 105 Å². The Kier molecular flexibility index (Phi) is 5.38. The molecule has 2 aromatic heterocycles. The molecule has 0 aliphatic heterocycles. The van der Waals surface area contributed by atoms with E-state index in [0.29, 0.717) is 0 Å². The van der Waals surface area contributed by atoms with Gasteiger partial charge in [0.15, 0.2) is 5.01 Å². The van der Waals surface area contributed by atoms with E-state index in [9.17, 15) is 0 Å². The van der Waals surface area contributed by atoms with Gasteiger partial charge in [-0.2, -0.15) is 0 Å². The van der Waals surface area contributed by atoms with Crippen LogP contribution >= 0.6 is 11.3 Å². The van der Waals surface area contributed by atoms with E-state index in [1.165, 1.54) is 16.5 Å². The number of aromatic amines is 1. The largest absolute Gasteiger partial charge is 0.353 e. The molecule has 0 saturated heterocycles. The third kappa shape index (κ3) is 4.32. The van der Waals surface area contributed by atoms with Crippen LogP contribution in [0.1, 0.15) is 16.1 Å². The molecule has 0 fully saturated rings. The van der Waals surface area contributed by atoms with Crippen LogP contribution in [0.2, 0.25) is 0 Å². The van der Waals surface area contributed by atoms with Crippen molar-refractivity contribution in [1.82, 2.24) is 20.1 Å². The van der Waals surface area contributed by atoms with Gasteiger partial charge in [-0.05, 0) is 23.3 Å². The van der Waals surface area contributed by atoms with E-state index in [-0.39, 0.29) is 0 Å². The fourth-order valence-corrected chi connectivity index (χ4v) is 4.51. The van der Waals surface area contributed by atoms with Crippen molar-refractivity contribution >= 4 is 22.2 Å². The van der Waals surface area contributed by atoms with Crippen molar-refractivity contribution in [3.05, 3.63) is 107 Å². The van der Waals surface area contributed by atoms with Crippen LogP contribution in [0, 0.1) is 0 Å². The Labute approximate surface area is 179 Å². The summed E-state index contributed by atoms with van der Waals surface area (Å²) >= 11 is 1.66. The highest BCUT2D eigenvalue weighted by molar-refractivity contribution is 7.14. The molecule has 5 aromatic rings. The molecule has 5 heteroatoms. The van der Waals surface area contributed by atoms with Crippen molar-refractivity contribution in [3.63, 3.8) is 0 Å². The maximum atomic E-state index is 4.49. The first kappa shape index (κ1) is 18.7. The van der Waals surface area contributed by atoms with Crippen LogP contribution in [0.25, 0.3) is 21.6 Å². The second-order valence-electron chi connectivity index (χ2n) is 7.39. The van der Waals surface area contributed by atoms with Gasteiger partial charge < -0.3 is 4.98 Å². The second-order valence-corrected chi connectivity index (χ2v) is 8.45. The Morgan fingerprint density at radius 1 is 0.700 bits per heavy atom. The first-order chi connectivity index (χ1) is 14.8. The molecule has 3 aromatic carbocycles. The molecule has 0 amide bonds. The van der Waals surface area contributed by atoms with Gasteiger partial charge in [0.2, 0.25) is 0 Å². The lowest BCUT2D eigenvalue weighted by atomic mass is 10.1. The predicted octanol–water partition coefficient (Wildman–Crippen LogP) is 5.89. The van der Waals surface area contributed by atoms with E-state index in [1.54, 1.807) is 11.3 Å². The minimum absolute atomic E-state index is 0.766. The van der Waals surface area contributed by atoms with Crippen molar-refractivity contribution in [1.29, 1.82) is 0 Å². The number of rotatable bonds is 7. The second kappa shape index (κ2) is 8.61. The Hall–Kier alpha value is -3.28. The van der Waals surface area contributed by atoms with Crippen molar-refractivity contribution in [2.45, 2.75) is 19.6 Å². The number of hydrogen-bond donors (Lipinski definition) is 1. The van der Waals surface area contributed by atoms with Crippen molar-refractivity contribution in [2.75, 3.05) is 0 Å². The zero-order chi connectivity index (χ0) is 20.2. The standard InChI is InChI=1S/C25H22N4S/c1-3-9-19(10-4-1)16-29(17-20-11-5-2-6-12-20)18-24-27-28-25(30-24)23-15-21-13-7-8-14-22(21)26-23/h1-15,26H,16-18H2. The quantitative estimate of drug-likeness (QED) is 0.364. The molecule has 0 unspecified atom stereocenters. The molecule has 0 saturated carbocycles. The normalized spacial score (nSPS) is 11.4. The van der Waals surface area contributed by atoms with Crippen molar-refractivity contribution in [3.8, 4) is 10.7 Å². The van der Waals surface area contributed by atoms with Crippen LogP contribution in [0.3, 0.4) is 0 Å². The summed E-state index contributed by atoms with van der Waals surface area (Å²) in [4.78, 5) is 5.87. The van der Waals surface area contributed by atoms with Gasteiger partial charge in [0.25, 0.3) is 0 Å². The third-order valence-electron chi connectivity index (χ3n) is 5.08. The smallest absolute Gasteiger partial charge is 0.164 e. The van der Waals surface area contributed by atoms with Gasteiger partial charge in [0, 0.05) is 24.0 Å². The van der Waals surface area contributed by atoms with E-state index < -0.39 is 0 Å². The van der Waals surface area contributed by atoms with Crippen LogP contribution in [0.15, 0.2) is 91.0 Å². The van der Waals surface area contributed by atoms with Crippen molar-refractivity contribution in [2.24, 2.45) is 0 Å². The summed E-state index contributed by atoms with van der Waals surface area (Å²) in [5.74, 6) is 0. The van der Waals surface area contributed by atoms with E-state index >= 15 is 0 Å². The van der Waals surface area contributed by atoms with Gasteiger partial charge in [-0.25, -0.2) is 0 Å². The summed E-state index contributed by atoms with van der Waals surface area (Å²) in [6.07, 6.45) is 0. The molecule has 1 N–H and O–H groups in total. The zero-order valence-corrected chi connectivity index (χ0v) is 17.3. The molecule has 0 radical (unpaired) electrons. The Morgan fingerprint density at radius 2 is 1.33 bits per heavy atom. The van der Waals surface area contributed by atoms with E-state index in [1.807, 2.05) is 6.07 Å². The molecule has 0 atom stereocenters. The molecule has 0 spiro atoms. The minimum atomic E-state index is 0.766. The highest BCUT2D eigenvalue weighted by Crippen LogP contribution is 2.27. The zero-order valence-electron chi connectivity index (χ0n) is 16.5. The van der Waals surface area contributed by atoms with Gasteiger partial charge >= 0.3 is 0 Å². The first-order valence-corrected chi connectivity index (χ1v) is 10.9. The van der Waals surface area contributed by atoms with Gasteiger partial charge in [0.05, 0.1) is 12.2 Å². The summed E-state index contributed by atoms with van der Waals surface area (Å²) in [5, 5.41) is 12.1. The van der Waals surface area contributed by atoms with Crippen LogP contribution in [0.4, 0.5) is 0 Å². The third-order valence-corrected chi connectivity index (χ3v) is 6.03. The molecule has 0 aliphatic rings. The lowest BCUT2D eigenvalue weighted by Gasteiger charge is -2.21. The molecule has 2 heterocycles. The predicted molar refractivity (Wildman–Crippen MR) is 123 cm³/mol. The van der Waals surface area contributed by atoms with Crippen LogP contribution in [0.5, 0.6) is 0 Å². The number of benzene rings is 3. The van der Waals surface area contributed by atoms with E-state index in [0.717, 1.165) is 40.9 Å². The van der Waals surface area contributed by atoms with Gasteiger partial charge in [-0.1, -0.05) is 90.2 Å². The Morgan fingerprint density at radius 3 is 2.00 bits per heavy atom. The average Bonchev–Trinajstić information content (AvgIpc) is 3.42. The van der Waals surface area contributed by atoms with Gasteiger partial charge in [-0.3, -0.25) is 4.90 Å². The Balaban J connectivity index is 1.37. The van der Waals surface area contributed by atoms with Crippen LogP contribution < -0.4 is 0 Å². The molecule has 30 heavy (non-hydrogen) atoms. The summed E-state index contributed by atoms with van der Waals surface area (Å²) in [6.45, 7) is 2.51. The molecule has 5 rings (SSSR count). The van der Waals surface area contributed by atoms with Crippen molar-refractivity contribution < 1.29 is 0 Å². The van der Waals surface area contributed by atoms with Gasteiger partial charge in [-0.15, -0.1) is 10.2 Å². The summed E-state index contributed by atoms with van der Waals surface area (Å²) in [6, 6.07) is 31.6. The van der Waals surface area contributed by atoms with Crippen LogP contribution in [-0.4, -0.2) is 20.1 Å². The van der Waals surface area contributed by atoms with E-state index in [4.69, 9.17) is 0 Å². The molecular weight excluding hydrogens is 388 g/mol. The maximum absolute atomic E-state index is 4.49. The SMILES string of the molecule is c1ccc(CN(Cc2ccccc2)Cc2nnc(-c3cc4ccccc4[nH]3)s2)cc1. The number of aromatic nitrogens is 3. The summed E-state index contributed by atoms with van der Waals surface area (Å²) in [5.41, 5.74) is 4.75. The highest BCUT2D eigenvalue weighted by Gasteiger charge is 2.14. The lowest BCUT2D eigenvalue weighted by Crippen LogP contribution is -2.22. The number of H-pyrrole nitrogens is 1. The number of nitrogens with one attached hydrogen (secondary N) is 1. The molecule has 4 nitrogen and oxygen atoms in total. The highest BCUT2D eigenvalue weighted by atomic mass is 32.1. The number of para-hydroxylation sites is 1. The minimum Gasteiger partial charge on any atom is -0.353 e. The summed E-state index contributed by atoms with van der Waals surface area (Å²) in [7, 11) is 0. The molecule has 148 valence electrons. The fourth-order valence-electron chi connectivity index (χ4n) is 3.66. The number of nitrogens with zero attached hydrogens (tertiary/aromatic N) is 3. The topological polar surface area (TPSA) is 44.8 Å². The molecule has 0 bridgehead atoms. The molecule has 0 aliphatic carbocycles. The number of hydrogen-bond acceptors (Lipinski definition) is 4. The molecular formula is C25H22N4S. The first-order valence-electron chi connectivity index (χ1n) is 10.0. The van der Waals surface area contributed by atoms with Gasteiger partial charge in [0.1, 0.15) is 5.01 Å². The summed E-state index contributed by atoms with van der Waals surface area (Å²) < 4.78 is 0. The monoisotopic (exact) mass is 410 g/mol.